The summed E-state index contributed by atoms with van der Waals surface area (Å²) in [5.74, 6) is 0. The summed E-state index contributed by atoms with van der Waals surface area (Å²) in [5.41, 5.74) is 7.78. The van der Waals surface area contributed by atoms with Crippen LogP contribution < -0.4 is 10.5 Å². The molecule has 18 heavy (non-hydrogen) atoms. The van der Waals surface area contributed by atoms with Crippen molar-refractivity contribution in [2.24, 2.45) is 0 Å². The fourth-order valence-corrected chi connectivity index (χ4v) is 3.09. The topological polar surface area (TPSA) is 92.4 Å². The molecule has 0 unspecified atom stereocenters. The first-order valence-electron chi connectivity index (χ1n) is 5.81. The second kappa shape index (κ2) is 5.69. The van der Waals surface area contributed by atoms with E-state index in [1.807, 2.05) is 13.8 Å². The lowest BCUT2D eigenvalue weighted by Gasteiger charge is -2.16. The van der Waals surface area contributed by atoms with Gasteiger partial charge < -0.3 is 10.8 Å². The maximum absolute atomic E-state index is 12.1. The van der Waals surface area contributed by atoms with Gasteiger partial charge in [-0.1, -0.05) is 6.92 Å². The molecule has 6 heteroatoms. The smallest absolute Gasteiger partial charge is 0.242 e. The highest BCUT2D eigenvalue weighted by molar-refractivity contribution is 7.89. The molecule has 0 saturated carbocycles. The summed E-state index contributed by atoms with van der Waals surface area (Å²) in [6, 6.07) is 2.71. The molecular weight excluding hydrogens is 252 g/mol. The van der Waals surface area contributed by atoms with Gasteiger partial charge in [0, 0.05) is 6.04 Å². The lowest BCUT2D eigenvalue weighted by molar-refractivity contribution is 0.254. The normalized spacial score (nSPS) is 13.6. The van der Waals surface area contributed by atoms with Gasteiger partial charge in [-0.25, -0.2) is 13.1 Å². The van der Waals surface area contributed by atoms with Crippen LogP contribution >= 0.6 is 0 Å². The molecule has 0 fully saturated rings. The number of hydrogen-bond acceptors (Lipinski definition) is 4. The molecule has 0 heterocycles. The highest BCUT2D eigenvalue weighted by Gasteiger charge is 2.21. The van der Waals surface area contributed by atoms with Gasteiger partial charge in [-0.3, -0.25) is 0 Å². The minimum Gasteiger partial charge on any atom is -0.398 e. The van der Waals surface area contributed by atoms with Crippen LogP contribution in [-0.2, 0) is 10.0 Å². The highest BCUT2D eigenvalue weighted by Crippen LogP contribution is 2.22. The minimum atomic E-state index is -3.69. The van der Waals surface area contributed by atoms with Gasteiger partial charge in [0.05, 0.1) is 12.3 Å². The molecule has 0 bridgehead atoms. The molecular formula is C12H20N2O3S. The van der Waals surface area contributed by atoms with Crippen LogP contribution in [0.3, 0.4) is 0 Å². The summed E-state index contributed by atoms with van der Waals surface area (Å²) in [4.78, 5) is 0.0671. The van der Waals surface area contributed by atoms with Gasteiger partial charge in [0.15, 0.2) is 0 Å². The van der Waals surface area contributed by atoms with E-state index in [4.69, 9.17) is 10.8 Å². The molecule has 0 aromatic heterocycles. The zero-order valence-corrected chi connectivity index (χ0v) is 11.7. The minimum absolute atomic E-state index is 0.0671. The van der Waals surface area contributed by atoms with E-state index in [0.29, 0.717) is 6.42 Å². The van der Waals surface area contributed by atoms with Crippen LogP contribution in [0.5, 0.6) is 0 Å². The zero-order valence-electron chi connectivity index (χ0n) is 10.9. The number of aryl methyl sites for hydroxylation is 2. The predicted octanol–water partition coefficient (Wildman–Crippen LogP) is 0.935. The van der Waals surface area contributed by atoms with Crippen molar-refractivity contribution in [2.45, 2.75) is 38.1 Å². The Bertz CT molecular complexity index is 522. The van der Waals surface area contributed by atoms with E-state index in [9.17, 15) is 8.42 Å². The zero-order chi connectivity index (χ0) is 13.9. The fourth-order valence-electron chi connectivity index (χ4n) is 1.58. The molecule has 0 aliphatic carbocycles. The highest BCUT2D eigenvalue weighted by atomic mass is 32.2. The summed E-state index contributed by atoms with van der Waals surface area (Å²) in [5, 5.41) is 9.05. The monoisotopic (exact) mass is 272 g/mol. The van der Waals surface area contributed by atoms with Crippen LogP contribution in [0.1, 0.15) is 24.5 Å². The summed E-state index contributed by atoms with van der Waals surface area (Å²) < 4.78 is 26.7. The SMILES string of the molecule is CC[C@@H](CO)NS(=O)(=O)c1cc(C)c(C)cc1N. The van der Waals surface area contributed by atoms with Crippen LogP contribution in [0.4, 0.5) is 5.69 Å². The van der Waals surface area contributed by atoms with Gasteiger partial charge in [-0.15, -0.1) is 0 Å². The van der Waals surface area contributed by atoms with Crippen LogP contribution in [0.25, 0.3) is 0 Å². The number of nitrogens with two attached hydrogens (primary N) is 1. The van der Waals surface area contributed by atoms with Crippen molar-refractivity contribution in [3.8, 4) is 0 Å². The van der Waals surface area contributed by atoms with Crippen LogP contribution in [0.15, 0.2) is 17.0 Å². The van der Waals surface area contributed by atoms with Crippen molar-refractivity contribution in [1.82, 2.24) is 4.72 Å². The number of rotatable bonds is 5. The third kappa shape index (κ3) is 3.22. The Morgan fingerprint density at radius 3 is 2.39 bits per heavy atom. The molecule has 5 nitrogen and oxygen atoms in total. The average molecular weight is 272 g/mol. The summed E-state index contributed by atoms with van der Waals surface area (Å²) in [6.45, 7) is 5.27. The molecule has 1 rings (SSSR count). The number of aliphatic hydroxyl groups excluding tert-OH is 1. The first-order valence-corrected chi connectivity index (χ1v) is 7.30. The summed E-state index contributed by atoms with van der Waals surface area (Å²) in [7, 11) is -3.69. The van der Waals surface area contributed by atoms with Gasteiger partial charge in [0.25, 0.3) is 0 Å². The molecule has 0 spiro atoms. The lowest BCUT2D eigenvalue weighted by atomic mass is 10.1. The van der Waals surface area contributed by atoms with Gasteiger partial charge in [0.1, 0.15) is 4.90 Å². The van der Waals surface area contributed by atoms with Crippen molar-refractivity contribution in [3.63, 3.8) is 0 Å². The number of sulfonamides is 1. The Kier molecular flexibility index (Phi) is 4.72. The molecule has 0 aliphatic heterocycles. The Labute approximate surface area is 108 Å². The first kappa shape index (κ1) is 14.9. The number of aliphatic hydroxyl groups is 1. The van der Waals surface area contributed by atoms with E-state index < -0.39 is 16.1 Å². The Hall–Kier alpha value is -1.11. The van der Waals surface area contributed by atoms with Crippen molar-refractivity contribution in [1.29, 1.82) is 0 Å². The summed E-state index contributed by atoms with van der Waals surface area (Å²) in [6.07, 6.45) is 0.514. The van der Waals surface area contributed by atoms with E-state index >= 15 is 0 Å². The molecule has 1 aromatic carbocycles. The Morgan fingerprint density at radius 2 is 1.89 bits per heavy atom. The van der Waals surface area contributed by atoms with Crippen molar-refractivity contribution < 1.29 is 13.5 Å². The third-order valence-corrected chi connectivity index (χ3v) is 4.53. The molecule has 0 radical (unpaired) electrons. The molecule has 0 saturated heterocycles. The van der Waals surface area contributed by atoms with E-state index in [-0.39, 0.29) is 17.2 Å². The quantitative estimate of drug-likeness (QED) is 0.695. The number of nitrogen functional groups attached to an aromatic ring is 1. The van der Waals surface area contributed by atoms with E-state index in [1.54, 1.807) is 19.1 Å². The first-order chi connectivity index (χ1) is 8.31. The van der Waals surface area contributed by atoms with Gasteiger partial charge in [-0.05, 0) is 43.5 Å². The maximum atomic E-state index is 12.1. The fraction of sp³-hybridized carbons (Fsp3) is 0.500. The van der Waals surface area contributed by atoms with E-state index in [1.165, 1.54) is 0 Å². The predicted molar refractivity (Wildman–Crippen MR) is 71.8 cm³/mol. The molecule has 0 amide bonds. The number of anilines is 1. The Balaban J connectivity index is 3.16. The van der Waals surface area contributed by atoms with Crippen molar-refractivity contribution in [2.75, 3.05) is 12.3 Å². The largest absolute Gasteiger partial charge is 0.398 e. The third-order valence-electron chi connectivity index (χ3n) is 2.95. The molecule has 1 atom stereocenters. The maximum Gasteiger partial charge on any atom is 0.242 e. The van der Waals surface area contributed by atoms with E-state index in [2.05, 4.69) is 4.72 Å². The van der Waals surface area contributed by atoms with Crippen molar-refractivity contribution >= 4 is 15.7 Å². The van der Waals surface area contributed by atoms with Gasteiger partial charge in [-0.2, -0.15) is 0 Å². The average Bonchev–Trinajstić information content (AvgIpc) is 2.30. The molecule has 102 valence electrons. The summed E-state index contributed by atoms with van der Waals surface area (Å²) >= 11 is 0. The standard InChI is InChI=1S/C12H20N2O3S/c1-4-10(7-15)14-18(16,17)12-6-9(3)8(2)5-11(12)13/h5-6,10,14-15H,4,7,13H2,1-3H3/t10-/m0/s1. The second-order valence-electron chi connectivity index (χ2n) is 4.38. The second-order valence-corrected chi connectivity index (χ2v) is 6.07. The van der Waals surface area contributed by atoms with Crippen LogP contribution in [0, 0.1) is 13.8 Å². The lowest BCUT2D eigenvalue weighted by Crippen LogP contribution is -2.37. The number of benzene rings is 1. The number of hydrogen-bond donors (Lipinski definition) is 3. The van der Waals surface area contributed by atoms with Crippen LogP contribution in [-0.4, -0.2) is 26.2 Å². The van der Waals surface area contributed by atoms with E-state index in [0.717, 1.165) is 11.1 Å². The Morgan fingerprint density at radius 1 is 1.33 bits per heavy atom. The molecule has 4 N–H and O–H groups in total. The van der Waals surface area contributed by atoms with Gasteiger partial charge in [0.2, 0.25) is 10.0 Å². The molecule has 1 aromatic rings. The van der Waals surface area contributed by atoms with Crippen LogP contribution in [0.2, 0.25) is 0 Å². The molecule has 0 aliphatic rings. The number of nitrogens with one attached hydrogen (secondary N) is 1. The van der Waals surface area contributed by atoms with Crippen molar-refractivity contribution in [3.05, 3.63) is 23.3 Å². The van der Waals surface area contributed by atoms with Gasteiger partial charge >= 0.3 is 0 Å².